The molecule has 1 aliphatic carbocycles. The standard InChI is InChI=1S/C19H20FN3O2S/c20-15-5-3-12(4-6-15)16-11-26-19(21-16)22-17(24)13-7-9-23(10-8-13)18(25)14-1-2-14/h3-6,11,13-14H,1-2,7-10H2,(H,21,22,24). The van der Waals surface area contributed by atoms with Crippen LogP contribution in [0.4, 0.5) is 9.52 Å². The highest BCUT2D eigenvalue weighted by molar-refractivity contribution is 7.14. The molecule has 0 atom stereocenters. The van der Waals surface area contributed by atoms with E-state index in [0.29, 0.717) is 31.1 Å². The van der Waals surface area contributed by atoms with Crippen LogP contribution < -0.4 is 5.32 Å². The Hall–Kier alpha value is -2.28. The van der Waals surface area contributed by atoms with Gasteiger partial charge in [-0.1, -0.05) is 0 Å². The molecule has 2 aromatic rings. The van der Waals surface area contributed by atoms with Gasteiger partial charge in [0, 0.05) is 35.9 Å². The molecule has 2 heterocycles. The van der Waals surface area contributed by atoms with Crippen LogP contribution in [-0.2, 0) is 9.59 Å². The first-order valence-corrected chi connectivity index (χ1v) is 9.79. The van der Waals surface area contributed by atoms with Crippen molar-refractivity contribution in [1.29, 1.82) is 0 Å². The van der Waals surface area contributed by atoms with E-state index in [0.717, 1.165) is 24.1 Å². The molecule has 0 unspecified atom stereocenters. The lowest BCUT2D eigenvalue weighted by atomic mass is 9.95. The maximum atomic E-state index is 13.0. The second kappa shape index (κ2) is 7.15. The van der Waals surface area contributed by atoms with Gasteiger partial charge in [0.25, 0.3) is 0 Å². The minimum atomic E-state index is -0.288. The number of nitrogens with one attached hydrogen (secondary N) is 1. The quantitative estimate of drug-likeness (QED) is 0.892. The van der Waals surface area contributed by atoms with Crippen LogP contribution in [0, 0.1) is 17.7 Å². The minimum absolute atomic E-state index is 0.0384. The van der Waals surface area contributed by atoms with E-state index in [2.05, 4.69) is 10.3 Å². The Morgan fingerprint density at radius 3 is 2.42 bits per heavy atom. The second-order valence-electron chi connectivity index (χ2n) is 6.91. The van der Waals surface area contributed by atoms with Gasteiger partial charge in [-0.2, -0.15) is 0 Å². The molecule has 1 aromatic carbocycles. The summed E-state index contributed by atoms with van der Waals surface area (Å²) < 4.78 is 13.0. The molecule has 136 valence electrons. The monoisotopic (exact) mass is 373 g/mol. The maximum absolute atomic E-state index is 13.0. The van der Waals surface area contributed by atoms with E-state index in [-0.39, 0.29) is 29.5 Å². The lowest BCUT2D eigenvalue weighted by Crippen LogP contribution is -2.42. The molecule has 5 nitrogen and oxygen atoms in total. The third kappa shape index (κ3) is 3.77. The normalized spacial score (nSPS) is 18.0. The van der Waals surface area contributed by atoms with Crippen molar-refractivity contribution >= 4 is 28.3 Å². The molecule has 1 aliphatic heterocycles. The highest BCUT2D eigenvalue weighted by Gasteiger charge is 2.36. The summed E-state index contributed by atoms with van der Waals surface area (Å²) in [6.07, 6.45) is 3.42. The van der Waals surface area contributed by atoms with Crippen LogP contribution in [0.2, 0.25) is 0 Å². The summed E-state index contributed by atoms with van der Waals surface area (Å²) in [6.45, 7) is 1.32. The van der Waals surface area contributed by atoms with E-state index in [9.17, 15) is 14.0 Å². The zero-order chi connectivity index (χ0) is 18.1. The Kier molecular flexibility index (Phi) is 4.72. The highest BCUT2D eigenvalue weighted by atomic mass is 32.1. The Morgan fingerprint density at radius 2 is 1.77 bits per heavy atom. The molecule has 2 fully saturated rings. The number of likely N-dealkylation sites (tertiary alicyclic amines) is 1. The number of hydrogen-bond acceptors (Lipinski definition) is 4. The van der Waals surface area contributed by atoms with Crippen LogP contribution in [0.3, 0.4) is 0 Å². The van der Waals surface area contributed by atoms with Crippen molar-refractivity contribution in [3.05, 3.63) is 35.5 Å². The number of anilines is 1. The first-order valence-electron chi connectivity index (χ1n) is 8.91. The number of aromatic nitrogens is 1. The van der Waals surface area contributed by atoms with Gasteiger partial charge in [0.15, 0.2) is 5.13 Å². The first kappa shape index (κ1) is 17.1. The number of carbonyl (C=O) groups is 2. The predicted molar refractivity (Wildman–Crippen MR) is 98.2 cm³/mol. The first-order chi connectivity index (χ1) is 12.6. The molecular weight excluding hydrogens is 353 g/mol. The van der Waals surface area contributed by atoms with Crippen molar-refractivity contribution < 1.29 is 14.0 Å². The average Bonchev–Trinajstić information content (AvgIpc) is 3.41. The number of halogens is 1. The summed E-state index contributed by atoms with van der Waals surface area (Å²) in [4.78, 5) is 30.9. The van der Waals surface area contributed by atoms with Gasteiger partial charge in [-0.05, 0) is 49.9 Å². The molecule has 1 aromatic heterocycles. The van der Waals surface area contributed by atoms with Gasteiger partial charge in [0.05, 0.1) is 5.69 Å². The number of rotatable bonds is 4. The van der Waals surface area contributed by atoms with Crippen LogP contribution >= 0.6 is 11.3 Å². The van der Waals surface area contributed by atoms with E-state index >= 15 is 0 Å². The van der Waals surface area contributed by atoms with Gasteiger partial charge < -0.3 is 10.2 Å². The minimum Gasteiger partial charge on any atom is -0.342 e. The van der Waals surface area contributed by atoms with Crippen LogP contribution in [-0.4, -0.2) is 34.8 Å². The van der Waals surface area contributed by atoms with Crippen LogP contribution in [0.15, 0.2) is 29.6 Å². The Labute approximate surface area is 155 Å². The van der Waals surface area contributed by atoms with Gasteiger partial charge >= 0.3 is 0 Å². The lowest BCUT2D eigenvalue weighted by Gasteiger charge is -2.31. The Bertz CT molecular complexity index is 808. The van der Waals surface area contributed by atoms with E-state index in [1.807, 2.05) is 10.3 Å². The number of nitrogens with zero attached hydrogens (tertiary/aromatic N) is 2. The topological polar surface area (TPSA) is 62.3 Å². The maximum Gasteiger partial charge on any atom is 0.229 e. The Balaban J connectivity index is 1.32. The number of benzene rings is 1. The smallest absolute Gasteiger partial charge is 0.229 e. The molecule has 1 saturated heterocycles. The molecule has 0 spiro atoms. The molecule has 26 heavy (non-hydrogen) atoms. The summed E-state index contributed by atoms with van der Waals surface area (Å²) in [6, 6.07) is 6.12. The zero-order valence-corrected chi connectivity index (χ0v) is 15.1. The fourth-order valence-corrected chi connectivity index (χ4v) is 3.97. The molecule has 4 rings (SSSR count). The molecule has 1 saturated carbocycles. The molecule has 0 bridgehead atoms. The van der Waals surface area contributed by atoms with Crippen molar-refractivity contribution in [3.8, 4) is 11.3 Å². The van der Waals surface area contributed by atoms with Crippen LogP contribution in [0.5, 0.6) is 0 Å². The molecule has 2 amide bonds. The predicted octanol–water partition coefficient (Wildman–Crippen LogP) is 3.54. The van der Waals surface area contributed by atoms with E-state index in [1.54, 1.807) is 12.1 Å². The third-order valence-electron chi connectivity index (χ3n) is 4.98. The number of hydrogen-bond donors (Lipinski definition) is 1. The third-order valence-corrected chi connectivity index (χ3v) is 5.74. The van der Waals surface area contributed by atoms with E-state index < -0.39 is 0 Å². The fraction of sp³-hybridized carbons (Fsp3) is 0.421. The van der Waals surface area contributed by atoms with Crippen LogP contribution in [0.25, 0.3) is 11.3 Å². The Morgan fingerprint density at radius 1 is 1.08 bits per heavy atom. The van der Waals surface area contributed by atoms with Crippen LogP contribution in [0.1, 0.15) is 25.7 Å². The van der Waals surface area contributed by atoms with Crippen molar-refractivity contribution in [3.63, 3.8) is 0 Å². The zero-order valence-electron chi connectivity index (χ0n) is 14.3. The van der Waals surface area contributed by atoms with Crippen molar-refractivity contribution in [2.45, 2.75) is 25.7 Å². The van der Waals surface area contributed by atoms with Gasteiger partial charge in [-0.3, -0.25) is 9.59 Å². The summed E-state index contributed by atoms with van der Waals surface area (Å²) in [5, 5.41) is 5.28. The number of carbonyl (C=O) groups excluding carboxylic acids is 2. The fourth-order valence-electron chi connectivity index (χ4n) is 3.24. The van der Waals surface area contributed by atoms with Gasteiger partial charge in [0.2, 0.25) is 11.8 Å². The number of thiazole rings is 1. The van der Waals surface area contributed by atoms with Gasteiger partial charge in [-0.25, -0.2) is 9.37 Å². The number of piperidine rings is 1. The lowest BCUT2D eigenvalue weighted by molar-refractivity contribution is -0.135. The van der Waals surface area contributed by atoms with Crippen molar-refractivity contribution in [2.75, 3.05) is 18.4 Å². The van der Waals surface area contributed by atoms with Crippen molar-refractivity contribution in [1.82, 2.24) is 9.88 Å². The molecule has 0 radical (unpaired) electrons. The van der Waals surface area contributed by atoms with Gasteiger partial charge in [-0.15, -0.1) is 11.3 Å². The summed E-state index contributed by atoms with van der Waals surface area (Å²) in [7, 11) is 0. The molecular formula is C19H20FN3O2S. The SMILES string of the molecule is O=C(Nc1nc(-c2ccc(F)cc2)cs1)C1CCN(C(=O)C2CC2)CC1. The molecule has 1 N–H and O–H groups in total. The van der Waals surface area contributed by atoms with E-state index in [1.165, 1.54) is 23.5 Å². The van der Waals surface area contributed by atoms with Gasteiger partial charge in [0.1, 0.15) is 5.82 Å². The van der Waals surface area contributed by atoms with Crippen molar-refractivity contribution in [2.24, 2.45) is 11.8 Å². The molecule has 7 heteroatoms. The molecule has 2 aliphatic rings. The summed E-state index contributed by atoms with van der Waals surface area (Å²) in [5.74, 6) is 0.0808. The summed E-state index contributed by atoms with van der Waals surface area (Å²) in [5.41, 5.74) is 1.53. The second-order valence-corrected chi connectivity index (χ2v) is 7.77. The summed E-state index contributed by atoms with van der Waals surface area (Å²) >= 11 is 1.36. The van der Waals surface area contributed by atoms with E-state index in [4.69, 9.17) is 0 Å². The largest absolute Gasteiger partial charge is 0.342 e. The highest BCUT2D eigenvalue weighted by Crippen LogP contribution is 2.33. The number of amides is 2. The average molecular weight is 373 g/mol.